The molecular weight excluding hydrogens is 327 g/mol. The van der Waals surface area contributed by atoms with Crippen LogP contribution in [0, 0.1) is 18.3 Å². The number of piperidine rings is 1. The second kappa shape index (κ2) is 6.55. The van der Waals surface area contributed by atoms with E-state index in [4.69, 9.17) is 9.68 Å². The van der Waals surface area contributed by atoms with Crippen LogP contribution in [0.3, 0.4) is 0 Å². The fourth-order valence-electron chi connectivity index (χ4n) is 2.85. The summed E-state index contributed by atoms with van der Waals surface area (Å²) in [6.45, 7) is 2.42. The smallest absolute Gasteiger partial charge is 0.408 e. The van der Waals surface area contributed by atoms with Crippen molar-refractivity contribution < 1.29 is 27.2 Å². The Morgan fingerprint density at radius 2 is 2.08 bits per heavy atom. The number of halogens is 3. The number of alkyl halides is 3. The first-order valence-electron chi connectivity index (χ1n) is 7.28. The quantitative estimate of drug-likeness (QED) is 0.891. The molecule has 1 fully saturated rings. The molecule has 0 unspecified atom stereocenters. The van der Waals surface area contributed by atoms with E-state index in [-0.39, 0.29) is 42.4 Å². The van der Waals surface area contributed by atoms with Gasteiger partial charge in [0.1, 0.15) is 17.9 Å². The molecule has 1 aromatic heterocycles. The lowest BCUT2D eigenvalue weighted by Gasteiger charge is -2.40. The SMILES string of the molecule is CC(=O)N[C@H]1CC[C@@H](C(F)(F)F)N(C(=O)c2cc(C#N)oc2C)C1. The zero-order valence-electron chi connectivity index (χ0n) is 13.1. The molecule has 2 rings (SSSR count). The average molecular weight is 343 g/mol. The highest BCUT2D eigenvalue weighted by molar-refractivity contribution is 5.96. The molecule has 0 spiro atoms. The van der Waals surface area contributed by atoms with Gasteiger partial charge in [-0.2, -0.15) is 18.4 Å². The Hall–Kier alpha value is -2.50. The lowest BCUT2D eigenvalue weighted by Crippen LogP contribution is -2.58. The number of nitrogens with zero attached hydrogens (tertiary/aromatic N) is 2. The standard InChI is InChI=1S/C15H16F3N3O3/c1-8-12(5-11(6-19)24-8)14(23)21-7-10(20-9(2)22)3-4-13(21)15(16,17)18/h5,10,13H,3-4,7H2,1-2H3,(H,20,22)/t10-,13-/m0/s1. The molecule has 0 radical (unpaired) electrons. The second-order valence-corrected chi connectivity index (χ2v) is 5.68. The Kier molecular flexibility index (Phi) is 4.87. The van der Waals surface area contributed by atoms with E-state index >= 15 is 0 Å². The third-order valence-corrected chi connectivity index (χ3v) is 3.89. The Labute approximate surface area is 136 Å². The van der Waals surface area contributed by atoms with Crippen LogP contribution in [0.1, 0.15) is 41.6 Å². The molecule has 0 bridgehead atoms. The topological polar surface area (TPSA) is 86.3 Å². The van der Waals surface area contributed by atoms with E-state index in [2.05, 4.69) is 5.32 Å². The first-order valence-corrected chi connectivity index (χ1v) is 7.28. The summed E-state index contributed by atoms with van der Waals surface area (Å²) in [5.41, 5.74) is -0.0794. The summed E-state index contributed by atoms with van der Waals surface area (Å²) < 4.78 is 44.8. The highest BCUT2D eigenvalue weighted by Gasteiger charge is 2.48. The molecule has 1 aromatic rings. The third-order valence-electron chi connectivity index (χ3n) is 3.89. The van der Waals surface area contributed by atoms with Crippen molar-refractivity contribution in [2.45, 2.75) is 44.9 Å². The van der Waals surface area contributed by atoms with Gasteiger partial charge in [0.05, 0.1) is 5.56 Å². The first kappa shape index (κ1) is 17.8. The second-order valence-electron chi connectivity index (χ2n) is 5.68. The molecule has 9 heteroatoms. The lowest BCUT2D eigenvalue weighted by atomic mass is 9.96. The maximum absolute atomic E-state index is 13.3. The highest BCUT2D eigenvalue weighted by Crippen LogP contribution is 2.33. The minimum atomic E-state index is -4.58. The van der Waals surface area contributed by atoms with E-state index in [0.717, 1.165) is 6.07 Å². The van der Waals surface area contributed by atoms with Crippen molar-refractivity contribution in [3.63, 3.8) is 0 Å². The Balaban J connectivity index is 2.32. The molecule has 2 atom stereocenters. The Morgan fingerprint density at radius 1 is 1.42 bits per heavy atom. The van der Waals surface area contributed by atoms with Crippen molar-refractivity contribution in [1.29, 1.82) is 5.26 Å². The average Bonchev–Trinajstić information content (AvgIpc) is 2.85. The summed E-state index contributed by atoms with van der Waals surface area (Å²) in [7, 11) is 0. The van der Waals surface area contributed by atoms with E-state index in [1.54, 1.807) is 6.07 Å². The van der Waals surface area contributed by atoms with Gasteiger partial charge in [0.2, 0.25) is 11.7 Å². The molecular formula is C15H16F3N3O3. The lowest BCUT2D eigenvalue weighted by molar-refractivity contribution is -0.184. The number of hydrogen-bond acceptors (Lipinski definition) is 4. The fourth-order valence-corrected chi connectivity index (χ4v) is 2.85. The molecule has 0 saturated carbocycles. The van der Waals surface area contributed by atoms with Crippen LogP contribution in [0.4, 0.5) is 13.2 Å². The van der Waals surface area contributed by atoms with E-state index in [0.29, 0.717) is 4.90 Å². The Morgan fingerprint density at radius 3 is 2.58 bits per heavy atom. The maximum Gasteiger partial charge on any atom is 0.408 e. The van der Waals surface area contributed by atoms with Crippen LogP contribution in [0.5, 0.6) is 0 Å². The highest BCUT2D eigenvalue weighted by atomic mass is 19.4. The molecule has 130 valence electrons. The van der Waals surface area contributed by atoms with E-state index in [1.165, 1.54) is 13.8 Å². The first-order chi connectivity index (χ1) is 11.1. The molecule has 2 amide bonds. The number of carbonyl (C=O) groups is 2. The zero-order chi connectivity index (χ0) is 18.1. The predicted molar refractivity (Wildman–Crippen MR) is 75.9 cm³/mol. The number of furan rings is 1. The number of hydrogen-bond donors (Lipinski definition) is 1. The van der Waals surface area contributed by atoms with Gasteiger partial charge in [-0.05, 0) is 19.8 Å². The minimum absolute atomic E-state index is 0.0794. The molecule has 1 aliphatic heterocycles. The van der Waals surface area contributed by atoms with Gasteiger partial charge in [-0.1, -0.05) is 0 Å². The fraction of sp³-hybridized carbons (Fsp3) is 0.533. The van der Waals surface area contributed by atoms with Crippen LogP contribution in [-0.2, 0) is 4.79 Å². The molecule has 1 saturated heterocycles. The molecule has 2 heterocycles. The molecule has 24 heavy (non-hydrogen) atoms. The van der Waals surface area contributed by atoms with Gasteiger partial charge in [-0.15, -0.1) is 0 Å². The summed E-state index contributed by atoms with van der Waals surface area (Å²) in [4.78, 5) is 24.4. The number of carbonyl (C=O) groups excluding carboxylic acids is 2. The van der Waals surface area contributed by atoms with Crippen molar-refractivity contribution >= 4 is 11.8 Å². The summed E-state index contributed by atoms with van der Waals surface area (Å²) in [5, 5.41) is 11.3. The third kappa shape index (κ3) is 3.69. The van der Waals surface area contributed by atoms with Crippen molar-refractivity contribution in [1.82, 2.24) is 10.2 Å². The van der Waals surface area contributed by atoms with E-state index in [9.17, 15) is 22.8 Å². The van der Waals surface area contributed by atoms with E-state index < -0.39 is 24.2 Å². The van der Waals surface area contributed by atoms with Gasteiger partial charge < -0.3 is 14.6 Å². The monoisotopic (exact) mass is 343 g/mol. The van der Waals surface area contributed by atoms with Crippen molar-refractivity contribution in [3.05, 3.63) is 23.2 Å². The van der Waals surface area contributed by atoms with Gasteiger partial charge in [0.25, 0.3) is 5.91 Å². The van der Waals surface area contributed by atoms with Crippen molar-refractivity contribution in [2.75, 3.05) is 6.54 Å². The molecule has 1 aliphatic rings. The van der Waals surface area contributed by atoms with Gasteiger partial charge in [-0.3, -0.25) is 9.59 Å². The van der Waals surface area contributed by atoms with E-state index in [1.807, 2.05) is 0 Å². The van der Waals surface area contributed by atoms with Crippen LogP contribution in [0.25, 0.3) is 0 Å². The van der Waals surface area contributed by atoms with Crippen LogP contribution in [-0.4, -0.2) is 41.5 Å². The summed E-state index contributed by atoms with van der Waals surface area (Å²) >= 11 is 0. The largest absolute Gasteiger partial charge is 0.450 e. The molecule has 6 nitrogen and oxygen atoms in total. The van der Waals surface area contributed by atoms with Gasteiger partial charge >= 0.3 is 6.18 Å². The number of likely N-dealkylation sites (tertiary alicyclic amines) is 1. The van der Waals surface area contributed by atoms with Crippen LogP contribution < -0.4 is 5.32 Å². The number of nitrogens with one attached hydrogen (secondary N) is 1. The van der Waals surface area contributed by atoms with Gasteiger partial charge in [0, 0.05) is 25.6 Å². The summed E-state index contributed by atoms with van der Waals surface area (Å²) in [6, 6.07) is 0.354. The number of rotatable bonds is 2. The molecule has 0 aromatic carbocycles. The zero-order valence-corrected chi connectivity index (χ0v) is 13.1. The normalized spacial score (nSPS) is 21.2. The number of nitriles is 1. The predicted octanol–water partition coefficient (Wildman–Crippen LogP) is 2.13. The number of amides is 2. The molecule has 0 aliphatic carbocycles. The van der Waals surface area contributed by atoms with Gasteiger partial charge in [0.15, 0.2) is 0 Å². The Bertz CT molecular complexity index is 690. The van der Waals surface area contributed by atoms with Crippen LogP contribution >= 0.6 is 0 Å². The summed E-state index contributed by atoms with van der Waals surface area (Å²) in [6.07, 6.45) is -4.75. The minimum Gasteiger partial charge on any atom is -0.450 e. The summed E-state index contributed by atoms with van der Waals surface area (Å²) in [5.74, 6) is -1.30. The van der Waals surface area contributed by atoms with Crippen LogP contribution in [0.2, 0.25) is 0 Å². The number of aryl methyl sites for hydroxylation is 1. The van der Waals surface area contributed by atoms with Gasteiger partial charge in [-0.25, -0.2) is 0 Å². The van der Waals surface area contributed by atoms with Crippen molar-refractivity contribution in [3.8, 4) is 6.07 Å². The maximum atomic E-state index is 13.3. The van der Waals surface area contributed by atoms with Crippen molar-refractivity contribution in [2.24, 2.45) is 0 Å². The van der Waals surface area contributed by atoms with Crippen LogP contribution in [0.15, 0.2) is 10.5 Å². The molecule has 1 N–H and O–H groups in total.